The Labute approximate surface area is 85.5 Å². The van der Waals surface area contributed by atoms with E-state index in [-0.39, 0.29) is 17.4 Å². The first kappa shape index (κ1) is 10.1. The molecule has 0 amide bonds. The predicted molar refractivity (Wildman–Crippen MR) is 49.3 cm³/mol. The molecule has 2 unspecified atom stereocenters. The minimum Gasteiger partial charge on any atom is -0.481 e. The van der Waals surface area contributed by atoms with Crippen LogP contribution >= 0.6 is 0 Å². The molecule has 1 aliphatic rings. The molecule has 1 saturated carbocycles. The standard InChI is InChI=1S/C11H10F2O2/c12-8-1-2-10(13)7(4-8)3-6-5-9(6)11(14)15/h1-2,4,6,9H,3,5H2,(H,14,15). The molecule has 0 saturated heterocycles. The maximum atomic E-state index is 13.2. The Morgan fingerprint density at radius 3 is 2.80 bits per heavy atom. The smallest absolute Gasteiger partial charge is 0.306 e. The number of halogens is 2. The average molecular weight is 212 g/mol. The van der Waals surface area contributed by atoms with Crippen molar-refractivity contribution in [2.75, 3.05) is 0 Å². The molecule has 1 N–H and O–H groups in total. The number of hydrogen-bond donors (Lipinski definition) is 1. The minimum atomic E-state index is -0.850. The van der Waals surface area contributed by atoms with Gasteiger partial charge in [-0.3, -0.25) is 4.79 Å². The molecule has 15 heavy (non-hydrogen) atoms. The molecule has 1 aliphatic carbocycles. The molecule has 2 atom stereocenters. The van der Waals surface area contributed by atoms with Gasteiger partial charge in [-0.15, -0.1) is 0 Å². The molecule has 4 heteroatoms. The Morgan fingerprint density at radius 1 is 1.47 bits per heavy atom. The Morgan fingerprint density at radius 2 is 2.20 bits per heavy atom. The monoisotopic (exact) mass is 212 g/mol. The SMILES string of the molecule is O=C(O)C1CC1Cc1cc(F)ccc1F. The van der Waals surface area contributed by atoms with Crippen molar-refractivity contribution < 1.29 is 18.7 Å². The van der Waals surface area contributed by atoms with Crippen molar-refractivity contribution in [1.82, 2.24) is 0 Å². The van der Waals surface area contributed by atoms with Crippen molar-refractivity contribution in [2.45, 2.75) is 12.8 Å². The zero-order valence-corrected chi connectivity index (χ0v) is 7.91. The van der Waals surface area contributed by atoms with Crippen LogP contribution in [0.3, 0.4) is 0 Å². The van der Waals surface area contributed by atoms with Crippen LogP contribution in [0.15, 0.2) is 18.2 Å². The normalized spacial score (nSPS) is 23.9. The quantitative estimate of drug-likeness (QED) is 0.834. The Balaban J connectivity index is 2.06. The fourth-order valence-corrected chi connectivity index (χ4v) is 1.76. The molecule has 0 aromatic heterocycles. The van der Waals surface area contributed by atoms with Gasteiger partial charge in [0, 0.05) is 0 Å². The van der Waals surface area contributed by atoms with Crippen LogP contribution in [0.25, 0.3) is 0 Å². The first-order chi connectivity index (χ1) is 7.08. The van der Waals surface area contributed by atoms with Crippen molar-refractivity contribution in [3.8, 4) is 0 Å². The van der Waals surface area contributed by atoms with Gasteiger partial charge in [-0.2, -0.15) is 0 Å². The first-order valence-corrected chi connectivity index (χ1v) is 4.74. The number of benzene rings is 1. The maximum Gasteiger partial charge on any atom is 0.306 e. The van der Waals surface area contributed by atoms with Crippen LogP contribution in [0, 0.1) is 23.5 Å². The van der Waals surface area contributed by atoms with Crippen LogP contribution in [-0.4, -0.2) is 11.1 Å². The molecule has 1 aromatic carbocycles. The highest BCUT2D eigenvalue weighted by Gasteiger charge is 2.43. The van der Waals surface area contributed by atoms with Gasteiger partial charge >= 0.3 is 5.97 Å². The van der Waals surface area contributed by atoms with E-state index in [0.29, 0.717) is 12.8 Å². The van der Waals surface area contributed by atoms with Gasteiger partial charge in [0.2, 0.25) is 0 Å². The van der Waals surface area contributed by atoms with Crippen molar-refractivity contribution in [1.29, 1.82) is 0 Å². The lowest BCUT2D eigenvalue weighted by atomic mass is 10.1. The van der Waals surface area contributed by atoms with E-state index in [1.165, 1.54) is 0 Å². The van der Waals surface area contributed by atoms with E-state index in [1.807, 2.05) is 0 Å². The van der Waals surface area contributed by atoms with Crippen LogP contribution in [0.2, 0.25) is 0 Å². The molecule has 2 nitrogen and oxygen atoms in total. The topological polar surface area (TPSA) is 37.3 Å². The van der Waals surface area contributed by atoms with E-state index < -0.39 is 17.6 Å². The molecule has 0 bridgehead atoms. The highest BCUT2D eigenvalue weighted by molar-refractivity contribution is 5.73. The lowest BCUT2D eigenvalue weighted by Crippen LogP contribution is -2.02. The van der Waals surface area contributed by atoms with Gasteiger partial charge in [0.15, 0.2) is 0 Å². The van der Waals surface area contributed by atoms with Gasteiger partial charge in [0.1, 0.15) is 11.6 Å². The molecule has 1 aromatic rings. The third-order valence-corrected chi connectivity index (χ3v) is 2.73. The summed E-state index contributed by atoms with van der Waals surface area (Å²) < 4.78 is 26.0. The number of carboxylic acid groups (broad SMARTS) is 1. The molecular weight excluding hydrogens is 202 g/mol. The number of rotatable bonds is 3. The summed E-state index contributed by atoms with van der Waals surface area (Å²) in [6, 6.07) is 3.26. The molecule has 0 heterocycles. The van der Waals surface area contributed by atoms with Gasteiger partial charge in [0.25, 0.3) is 0 Å². The van der Waals surface area contributed by atoms with Crippen LogP contribution in [0.5, 0.6) is 0 Å². The van der Waals surface area contributed by atoms with Crippen LogP contribution < -0.4 is 0 Å². The zero-order valence-electron chi connectivity index (χ0n) is 7.91. The lowest BCUT2D eigenvalue weighted by molar-refractivity contribution is -0.138. The van der Waals surface area contributed by atoms with E-state index >= 15 is 0 Å². The Bertz CT molecular complexity index is 404. The summed E-state index contributed by atoms with van der Waals surface area (Å²) in [4.78, 5) is 10.5. The first-order valence-electron chi connectivity index (χ1n) is 4.74. The van der Waals surface area contributed by atoms with Gasteiger partial charge in [-0.05, 0) is 42.5 Å². The van der Waals surface area contributed by atoms with Gasteiger partial charge in [0.05, 0.1) is 5.92 Å². The summed E-state index contributed by atoms with van der Waals surface area (Å²) >= 11 is 0. The summed E-state index contributed by atoms with van der Waals surface area (Å²) in [6.07, 6.45) is 0.867. The predicted octanol–water partition coefficient (Wildman–Crippen LogP) is 2.23. The van der Waals surface area contributed by atoms with E-state index in [4.69, 9.17) is 5.11 Å². The highest BCUT2D eigenvalue weighted by atomic mass is 19.1. The molecular formula is C11H10F2O2. The maximum absolute atomic E-state index is 13.2. The summed E-state index contributed by atoms with van der Waals surface area (Å²) in [7, 11) is 0. The largest absolute Gasteiger partial charge is 0.481 e. The summed E-state index contributed by atoms with van der Waals surface area (Å²) in [5, 5.41) is 8.66. The van der Waals surface area contributed by atoms with E-state index in [1.54, 1.807) is 0 Å². The highest BCUT2D eigenvalue weighted by Crippen LogP contribution is 2.41. The van der Waals surface area contributed by atoms with Crippen LogP contribution in [-0.2, 0) is 11.2 Å². The summed E-state index contributed by atoms with van der Waals surface area (Å²) in [6.45, 7) is 0. The molecule has 2 rings (SSSR count). The minimum absolute atomic E-state index is 0.0428. The second kappa shape index (κ2) is 3.61. The second-order valence-electron chi connectivity index (χ2n) is 3.88. The van der Waals surface area contributed by atoms with E-state index in [2.05, 4.69) is 0 Å². The lowest BCUT2D eigenvalue weighted by Gasteiger charge is -2.01. The Kier molecular flexibility index (Phi) is 2.42. The Hall–Kier alpha value is -1.45. The third kappa shape index (κ3) is 2.14. The average Bonchev–Trinajstić information content (AvgIpc) is 2.91. The third-order valence-electron chi connectivity index (χ3n) is 2.73. The van der Waals surface area contributed by atoms with Gasteiger partial charge in [-0.25, -0.2) is 8.78 Å². The number of carbonyl (C=O) groups is 1. The molecule has 0 spiro atoms. The van der Waals surface area contributed by atoms with Crippen molar-refractivity contribution in [3.05, 3.63) is 35.4 Å². The van der Waals surface area contributed by atoms with Crippen molar-refractivity contribution in [2.24, 2.45) is 11.8 Å². The van der Waals surface area contributed by atoms with E-state index in [9.17, 15) is 13.6 Å². The van der Waals surface area contributed by atoms with Crippen molar-refractivity contribution >= 4 is 5.97 Å². The van der Waals surface area contributed by atoms with Gasteiger partial charge in [-0.1, -0.05) is 0 Å². The number of carboxylic acids is 1. The molecule has 80 valence electrons. The molecule has 1 fully saturated rings. The van der Waals surface area contributed by atoms with E-state index in [0.717, 1.165) is 18.2 Å². The number of aliphatic carboxylic acids is 1. The number of hydrogen-bond acceptors (Lipinski definition) is 1. The second-order valence-corrected chi connectivity index (χ2v) is 3.88. The summed E-state index contributed by atoms with van der Waals surface area (Å²) in [5.41, 5.74) is 0.267. The van der Waals surface area contributed by atoms with Crippen molar-refractivity contribution in [3.63, 3.8) is 0 Å². The fraction of sp³-hybridized carbons (Fsp3) is 0.364. The fourth-order valence-electron chi connectivity index (χ4n) is 1.76. The summed E-state index contributed by atoms with van der Waals surface area (Å²) in [5.74, 6) is -2.23. The van der Waals surface area contributed by atoms with Crippen LogP contribution in [0.1, 0.15) is 12.0 Å². The molecule has 0 aliphatic heterocycles. The molecule has 0 radical (unpaired) electrons. The van der Waals surface area contributed by atoms with Gasteiger partial charge < -0.3 is 5.11 Å². The zero-order chi connectivity index (χ0) is 11.0. The van der Waals surface area contributed by atoms with Crippen LogP contribution in [0.4, 0.5) is 8.78 Å².